The Kier molecular flexibility index (Phi) is 6.23. The molecule has 2 rings (SSSR count). The summed E-state index contributed by atoms with van der Waals surface area (Å²) in [6, 6.07) is 2.05. The number of rotatable bonds is 10. The quantitative estimate of drug-likeness (QED) is 0.649. The molecule has 21 heavy (non-hydrogen) atoms. The number of aliphatic hydroxyl groups excluding tert-OH is 1. The van der Waals surface area contributed by atoms with Gasteiger partial charge in [0.25, 0.3) is 0 Å². The number of hydrogen-bond acceptors (Lipinski definition) is 5. The smallest absolute Gasteiger partial charge is 0.136 e. The number of nitrogens with zero attached hydrogens (tertiary/aromatic N) is 3. The monoisotopic (exact) mass is 292 g/mol. The zero-order chi connectivity index (χ0) is 15.1. The molecular formula is C16H28N4O. The first-order valence-electron chi connectivity index (χ1n) is 8.19. The molecule has 0 bridgehead atoms. The van der Waals surface area contributed by atoms with E-state index in [1.807, 2.05) is 6.07 Å². The van der Waals surface area contributed by atoms with E-state index in [1.165, 1.54) is 12.8 Å². The molecule has 0 spiro atoms. The second-order valence-electron chi connectivity index (χ2n) is 5.88. The van der Waals surface area contributed by atoms with Crippen LogP contribution in [0.2, 0.25) is 0 Å². The first kappa shape index (κ1) is 16.0. The van der Waals surface area contributed by atoms with Crippen molar-refractivity contribution >= 4 is 11.6 Å². The van der Waals surface area contributed by atoms with Crippen LogP contribution in [0.4, 0.5) is 11.6 Å². The average molecular weight is 292 g/mol. The van der Waals surface area contributed by atoms with E-state index in [0.29, 0.717) is 5.92 Å². The van der Waals surface area contributed by atoms with Crippen LogP contribution in [0.1, 0.15) is 57.2 Å². The van der Waals surface area contributed by atoms with Crippen LogP contribution in [0.25, 0.3) is 0 Å². The zero-order valence-corrected chi connectivity index (χ0v) is 13.3. The number of nitrogens with one attached hydrogen (secondary N) is 1. The lowest BCUT2D eigenvalue weighted by atomic mass is 10.2. The van der Waals surface area contributed by atoms with Crippen LogP contribution in [0.5, 0.6) is 0 Å². The predicted molar refractivity (Wildman–Crippen MR) is 87.0 cm³/mol. The van der Waals surface area contributed by atoms with Crippen molar-refractivity contribution in [1.29, 1.82) is 0 Å². The molecule has 0 radical (unpaired) electrons. The van der Waals surface area contributed by atoms with Crippen molar-refractivity contribution in [3.8, 4) is 0 Å². The molecule has 0 saturated heterocycles. The van der Waals surface area contributed by atoms with Gasteiger partial charge in [-0.15, -0.1) is 0 Å². The summed E-state index contributed by atoms with van der Waals surface area (Å²) < 4.78 is 0. The van der Waals surface area contributed by atoms with E-state index >= 15 is 0 Å². The van der Waals surface area contributed by atoms with Gasteiger partial charge >= 0.3 is 0 Å². The van der Waals surface area contributed by atoms with Gasteiger partial charge in [0.1, 0.15) is 17.5 Å². The number of aromatic nitrogens is 2. The highest BCUT2D eigenvalue weighted by Crippen LogP contribution is 2.39. The lowest BCUT2D eigenvalue weighted by Crippen LogP contribution is -2.21. The number of unbranched alkanes of at least 4 members (excludes halogenated alkanes) is 2. The van der Waals surface area contributed by atoms with Crippen LogP contribution in [-0.4, -0.2) is 41.8 Å². The van der Waals surface area contributed by atoms with Crippen LogP contribution < -0.4 is 10.2 Å². The normalized spacial score (nSPS) is 14.2. The number of aliphatic hydroxyl groups is 1. The van der Waals surface area contributed by atoms with Crippen molar-refractivity contribution in [2.45, 2.75) is 51.4 Å². The Bertz CT molecular complexity index is 434. The maximum absolute atomic E-state index is 8.83. The molecule has 5 nitrogen and oxygen atoms in total. The summed E-state index contributed by atoms with van der Waals surface area (Å²) in [6.45, 7) is 4.35. The standard InChI is InChI=1S/C16H28N4O/c1-3-9-17-14-12-15(19-16(18-14)13-7-8-13)20(2)10-5-4-6-11-21/h12-13,21H,3-11H2,1-2H3,(H,17,18,19). The molecule has 1 saturated carbocycles. The van der Waals surface area contributed by atoms with Gasteiger partial charge in [-0.1, -0.05) is 6.92 Å². The highest BCUT2D eigenvalue weighted by Gasteiger charge is 2.27. The minimum absolute atomic E-state index is 0.286. The Morgan fingerprint density at radius 1 is 1.29 bits per heavy atom. The molecule has 1 fully saturated rings. The van der Waals surface area contributed by atoms with E-state index in [9.17, 15) is 0 Å². The molecule has 0 amide bonds. The Hall–Kier alpha value is -1.36. The second-order valence-corrected chi connectivity index (χ2v) is 5.88. The van der Waals surface area contributed by atoms with Crippen molar-refractivity contribution in [1.82, 2.24) is 9.97 Å². The fourth-order valence-electron chi connectivity index (χ4n) is 2.27. The minimum atomic E-state index is 0.286. The number of anilines is 2. The van der Waals surface area contributed by atoms with E-state index in [2.05, 4.69) is 29.2 Å². The fraction of sp³-hybridized carbons (Fsp3) is 0.750. The van der Waals surface area contributed by atoms with Crippen LogP contribution in [0.15, 0.2) is 6.07 Å². The Morgan fingerprint density at radius 2 is 2.10 bits per heavy atom. The highest BCUT2D eigenvalue weighted by molar-refractivity contribution is 5.49. The molecule has 0 unspecified atom stereocenters. The third-order valence-electron chi connectivity index (χ3n) is 3.77. The maximum atomic E-state index is 8.83. The summed E-state index contributed by atoms with van der Waals surface area (Å²) in [7, 11) is 2.08. The van der Waals surface area contributed by atoms with Crippen molar-refractivity contribution < 1.29 is 5.11 Å². The third kappa shape index (κ3) is 5.16. The Labute approximate surface area is 127 Å². The molecule has 1 aromatic rings. The van der Waals surface area contributed by atoms with Gasteiger partial charge in [0, 0.05) is 38.7 Å². The summed E-state index contributed by atoms with van der Waals surface area (Å²) in [5, 5.41) is 12.2. The maximum Gasteiger partial charge on any atom is 0.136 e. The van der Waals surface area contributed by atoms with Gasteiger partial charge in [-0.2, -0.15) is 0 Å². The van der Waals surface area contributed by atoms with Crippen molar-refractivity contribution in [3.05, 3.63) is 11.9 Å². The number of hydrogen-bond donors (Lipinski definition) is 2. The zero-order valence-electron chi connectivity index (χ0n) is 13.3. The van der Waals surface area contributed by atoms with Crippen molar-refractivity contribution in [2.75, 3.05) is 37.0 Å². The SMILES string of the molecule is CCCNc1cc(N(C)CCCCCO)nc(C2CC2)n1. The topological polar surface area (TPSA) is 61.3 Å². The summed E-state index contributed by atoms with van der Waals surface area (Å²) in [6.07, 6.45) is 6.55. The lowest BCUT2D eigenvalue weighted by Gasteiger charge is -2.19. The molecule has 1 aliphatic rings. The van der Waals surface area contributed by atoms with E-state index in [0.717, 1.165) is 56.2 Å². The molecule has 5 heteroatoms. The summed E-state index contributed by atoms with van der Waals surface area (Å²) in [5.74, 6) is 3.52. The molecule has 0 aliphatic heterocycles. The van der Waals surface area contributed by atoms with E-state index in [4.69, 9.17) is 10.1 Å². The van der Waals surface area contributed by atoms with Crippen molar-refractivity contribution in [2.24, 2.45) is 0 Å². The Morgan fingerprint density at radius 3 is 2.76 bits per heavy atom. The van der Waals surface area contributed by atoms with Gasteiger partial charge in [-0.25, -0.2) is 9.97 Å². The van der Waals surface area contributed by atoms with Gasteiger partial charge in [-0.05, 0) is 38.5 Å². The summed E-state index contributed by atoms with van der Waals surface area (Å²) >= 11 is 0. The molecule has 0 aromatic carbocycles. The molecule has 1 aliphatic carbocycles. The molecule has 118 valence electrons. The van der Waals surface area contributed by atoms with E-state index in [-0.39, 0.29) is 6.61 Å². The van der Waals surface area contributed by atoms with Crippen LogP contribution in [0, 0.1) is 0 Å². The molecule has 1 aromatic heterocycles. The van der Waals surface area contributed by atoms with Crippen LogP contribution >= 0.6 is 0 Å². The average Bonchev–Trinajstić information content (AvgIpc) is 3.34. The van der Waals surface area contributed by atoms with Gasteiger partial charge in [-0.3, -0.25) is 0 Å². The summed E-state index contributed by atoms with van der Waals surface area (Å²) in [5.41, 5.74) is 0. The van der Waals surface area contributed by atoms with Gasteiger partial charge in [0.15, 0.2) is 0 Å². The van der Waals surface area contributed by atoms with Crippen molar-refractivity contribution in [3.63, 3.8) is 0 Å². The Balaban J connectivity index is 2.00. The van der Waals surface area contributed by atoms with E-state index < -0.39 is 0 Å². The largest absolute Gasteiger partial charge is 0.396 e. The van der Waals surface area contributed by atoms with Gasteiger partial charge in [0.2, 0.25) is 0 Å². The van der Waals surface area contributed by atoms with E-state index in [1.54, 1.807) is 0 Å². The minimum Gasteiger partial charge on any atom is -0.396 e. The molecule has 0 atom stereocenters. The fourth-order valence-corrected chi connectivity index (χ4v) is 2.27. The molecule has 2 N–H and O–H groups in total. The van der Waals surface area contributed by atoms with Gasteiger partial charge < -0.3 is 15.3 Å². The van der Waals surface area contributed by atoms with Crippen LogP contribution in [0.3, 0.4) is 0 Å². The van der Waals surface area contributed by atoms with Gasteiger partial charge in [0.05, 0.1) is 0 Å². The van der Waals surface area contributed by atoms with Crippen LogP contribution in [-0.2, 0) is 0 Å². The lowest BCUT2D eigenvalue weighted by molar-refractivity contribution is 0.283. The first-order chi connectivity index (χ1) is 10.2. The predicted octanol–water partition coefficient (Wildman–Crippen LogP) is 2.77. The third-order valence-corrected chi connectivity index (χ3v) is 3.77. The molecular weight excluding hydrogens is 264 g/mol. The molecule has 1 heterocycles. The second kappa shape index (κ2) is 8.17. The highest BCUT2D eigenvalue weighted by atomic mass is 16.2. The summed E-state index contributed by atoms with van der Waals surface area (Å²) in [4.78, 5) is 11.6. The first-order valence-corrected chi connectivity index (χ1v) is 8.19.